The number of hydrogen-bond donors (Lipinski definition) is 2. The van der Waals surface area contributed by atoms with Crippen LogP contribution in [-0.4, -0.2) is 18.4 Å². The van der Waals surface area contributed by atoms with Crippen molar-refractivity contribution in [3.63, 3.8) is 0 Å². The highest BCUT2D eigenvalue weighted by Gasteiger charge is 2.10. The molecule has 0 radical (unpaired) electrons. The molecular weight excluding hydrogens is 340 g/mol. The zero-order chi connectivity index (χ0) is 19.6. The number of carbonyl (C=O) groups excluding carboxylic acids is 2. The molecular formula is C22H28N2O3. The summed E-state index contributed by atoms with van der Waals surface area (Å²) in [6, 6.07) is 15.1. The summed E-state index contributed by atoms with van der Waals surface area (Å²) in [6.07, 6.45) is 1.12. The second kappa shape index (κ2) is 10.4. The fourth-order valence-electron chi connectivity index (χ4n) is 2.53. The van der Waals surface area contributed by atoms with Crippen LogP contribution in [0.25, 0.3) is 0 Å². The van der Waals surface area contributed by atoms with Crippen molar-refractivity contribution in [2.24, 2.45) is 5.92 Å². The van der Waals surface area contributed by atoms with E-state index in [1.807, 2.05) is 69.3 Å². The highest BCUT2D eigenvalue weighted by Crippen LogP contribution is 2.14. The van der Waals surface area contributed by atoms with Crippen LogP contribution in [-0.2, 0) is 22.6 Å². The van der Waals surface area contributed by atoms with E-state index in [1.165, 1.54) is 0 Å². The molecule has 0 aliphatic carbocycles. The monoisotopic (exact) mass is 368 g/mol. The Balaban J connectivity index is 1.85. The Kier molecular flexibility index (Phi) is 7.86. The molecule has 0 saturated heterocycles. The quantitative estimate of drug-likeness (QED) is 0.705. The lowest BCUT2D eigenvalue weighted by atomic mass is 10.1. The first-order valence-corrected chi connectivity index (χ1v) is 9.40. The molecule has 2 aromatic rings. The van der Waals surface area contributed by atoms with Gasteiger partial charge in [0.1, 0.15) is 5.75 Å². The van der Waals surface area contributed by atoms with Crippen molar-refractivity contribution < 1.29 is 14.3 Å². The van der Waals surface area contributed by atoms with E-state index in [-0.39, 0.29) is 17.7 Å². The average Bonchev–Trinajstić information content (AvgIpc) is 2.67. The predicted octanol–water partition coefficient (Wildman–Crippen LogP) is 3.93. The number of hydrogen-bond acceptors (Lipinski definition) is 3. The van der Waals surface area contributed by atoms with Gasteiger partial charge in [0.05, 0.1) is 13.0 Å². The van der Waals surface area contributed by atoms with Crippen molar-refractivity contribution in [3.05, 3.63) is 59.7 Å². The van der Waals surface area contributed by atoms with Gasteiger partial charge >= 0.3 is 0 Å². The van der Waals surface area contributed by atoms with Gasteiger partial charge in [-0.1, -0.05) is 38.1 Å². The largest absolute Gasteiger partial charge is 0.494 e. The van der Waals surface area contributed by atoms with Gasteiger partial charge < -0.3 is 15.4 Å². The van der Waals surface area contributed by atoms with Crippen LogP contribution < -0.4 is 15.4 Å². The van der Waals surface area contributed by atoms with Gasteiger partial charge in [0, 0.05) is 18.2 Å². The summed E-state index contributed by atoms with van der Waals surface area (Å²) in [4.78, 5) is 24.2. The molecule has 0 aromatic heterocycles. The number of nitrogens with one attached hydrogen (secondary N) is 2. The summed E-state index contributed by atoms with van der Waals surface area (Å²) in [5, 5.41) is 5.83. The fourth-order valence-corrected chi connectivity index (χ4v) is 2.53. The summed E-state index contributed by atoms with van der Waals surface area (Å²) < 4.78 is 5.40. The van der Waals surface area contributed by atoms with Gasteiger partial charge in [-0.25, -0.2) is 0 Å². The van der Waals surface area contributed by atoms with Gasteiger partial charge in [-0.3, -0.25) is 9.59 Å². The number of rotatable bonds is 9. The normalized spacial score (nSPS) is 11.5. The van der Waals surface area contributed by atoms with Gasteiger partial charge in [0.25, 0.3) is 0 Å². The maximum absolute atomic E-state index is 12.2. The third kappa shape index (κ3) is 6.77. The molecule has 0 heterocycles. The van der Waals surface area contributed by atoms with Crippen LogP contribution in [0.2, 0.25) is 0 Å². The Morgan fingerprint density at radius 2 is 1.78 bits per heavy atom. The third-order valence-electron chi connectivity index (χ3n) is 4.34. The van der Waals surface area contributed by atoms with Crippen molar-refractivity contribution >= 4 is 17.5 Å². The minimum atomic E-state index is -0.0480. The molecule has 2 rings (SSSR count). The smallest absolute Gasteiger partial charge is 0.227 e. The Morgan fingerprint density at radius 3 is 2.44 bits per heavy atom. The summed E-state index contributed by atoms with van der Waals surface area (Å²) in [5.74, 6) is 0.739. The Bertz CT molecular complexity index is 756. The molecule has 5 nitrogen and oxygen atoms in total. The average molecular weight is 368 g/mol. The van der Waals surface area contributed by atoms with Crippen molar-refractivity contribution in [3.8, 4) is 5.75 Å². The fraction of sp³-hybridized carbons (Fsp3) is 0.364. The first kappa shape index (κ1) is 20.5. The van der Waals surface area contributed by atoms with Gasteiger partial charge in [0.15, 0.2) is 0 Å². The topological polar surface area (TPSA) is 67.4 Å². The van der Waals surface area contributed by atoms with Crippen molar-refractivity contribution in [2.45, 2.75) is 40.2 Å². The van der Waals surface area contributed by atoms with E-state index in [9.17, 15) is 9.59 Å². The van der Waals surface area contributed by atoms with Crippen LogP contribution >= 0.6 is 0 Å². The van der Waals surface area contributed by atoms with Crippen molar-refractivity contribution in [1.82, 2.24) is 5.32 Å². The van der Waals surface area contributed by atoms with E-state index < -0.39 is 0 Å². The summed E-state index contributed by atoms with van der Waals surface area (Å²) in [5.41, 5.74) is 2.63. The zero-order valence-corrected chi connectivity index (χ0v) is 16.2. The Morgan fingerprint density at radius 1 is 1.04 bits per heavy atom. The zero-order valence-electron chi connectivity index (χ0n) is 16.2. The molecule has 2 N–H and O–H groups in total. The number of amides is 2. The standard InChI is InChI=1S/C22H28N2O3/c1-4-16(3)22(26)24-19-8-6-7-18(13-19)15-23-21(25)14-17-9-11-20(12-10-17)27-5-2/h6-13,16H,4-5,14-15H2,1-3H3,(H,23,25)(H,24,26). The highest BCUT2D eigenvalue weighted by molar-refractivity contribution is 5.92. The minimum Gasteiger partial charge on any atom is -0.494 e. The number of anilines is 1. The molecule has 2 amide bonds. The molecule has 144 valence electrons. The Labute approximate surface area is 161 Å². The van der Waals surface area contributed by atoms with Gasteiger partial charge in [-0.15, -0.1) is 0 Å². The van der Waals surface area contributed by atoms with E-state index in [0.29, 0.717) is 19.6 Å². The van der Waals surface area contributed by atoms with E-state index in [0.717, 1.165) is 29.0 Å². The summed E-state index contributed by atoms with van der Waals surface area (Å²) in [6.45, 7) is 6.87. The lowest BCUT2D eigenvalue weighted by molar-refractivity contribution is -0.121. The van der Waals surface area contributed by atoms with Crippen molar-refractivity contribution in [2.75, 3.05) is 11.9 Å². The molecule has 1 atom stereocenters. The maximum Gasteiger partial charge on any atom is 0.227 e. The number of benzene rings is 2. The molecule has 0 fully saturated rings. The molecule has 0 aliphatic rings. The number of carbonyl (C=O) groups is 2. The van der Waals surface area contributed by atoms with Crippen LogP contribution in [0, 0.1) is 5.92 Å². The minimum absolute atomic E-state index is 0.00850. The molecule has 0 saturated carbocycles. The molecule has 1 unspecified atom stereocenters. The van der Waals surface area contributed by atoms with Gasteiger partial charge in [-0.2, -0.15) is 0 Å². The highest BCUT2D eigenvalue weighted by atomic mass is 16.5. The maximum atomic E-state index is 12.2. The molecule has 2 aromatic carbocycles. The van der Waals surface area contributed by atoms with Crippen LogP contribution in [0.1, 0.15) is 38.3 Å². The molecule has 5 heteroatoms. The second-order valence-corrected chi connectivity index (χ2v) is 6.53. The molecule has 0 aliphatic heterocycles. The van der Waals surface area contributed by atoms with E-state index in [2.05, 4.69) is 10.6 Å². The van der Waals surface area contributed by atoms with Crippen LogP contribution in [0.5, 0.6) is 5.75 Å². The Hall–Kier alpha value is -2.82. The van der Waals surface area contributed by atoms with E-state index in [1.54, 1.807) is 0 Å². The lowest BCUT2D eigenvalue weighted by Crippen LogP contribution is -2.24. The van der Waals surface area contributed by atoms with Crippen LogP contribution in [0.4, 0.5) is 5.69 Å². The van der Waals surface area contributed by atoms with Crippen molar-refractivity contribution in [1.29, 1.82) is 0 Å². The second-order valence-electron chi connectivity index (χ2n) is 6.53. The van der Waals surface area contributed by atoms with Crippen LogP contribution in [0.15, 0.2) is 48.5 Å². The first-order chi connectivity index (χ1) is 13.0. The summed E-state index contributed by atoms with van der Waals surface area (Å²) >= 11 is 0. The lowest BCUT2D eigenvalue weighted by Gasteiger charge is -2.11. The predicted molar refractivity (Wildman–Crippen MR) is 108 cm³/mol. The SMILES string of the molecule is CCOc1ccc(CC(=O)NCc2cccc(NC(=O)C(C)CC)c2)cc1. The molecule has 27 heavy (non-hydrogen) atoms. The number of ether oxygens (including phenoxy) is 1. The van der Waals surface area contributed by atoms with E-state index in [4.69, 9.17) is 4.74 Å². The molecule has 0 spiro atoms. The summed E-state index contributed by atoms with van der Waals surface area (Å²) in [7, 11) is 0. The first-order valence-electron chi connectivity index (χ1n) is 9.40. The van der Waals surface area contributed by atoms with Gasteiger partial charge in [-0.05, 0) is 48.7 Å². The molecule has 0 bridgehead atoms. The third-order valence-corrected chi connectivity index (χ3v) is 4.34. The van der Waals surface area contributed by atoms with E-state index >= 15 is 0 Å². The van der Waals surface area contributed by atoms with Crippen LogP contribution in [0.3, 0.4) is 0 Å². The van der Waals surface area contributed by atoms with Gasteiger partial charge in [0.2, 0.25) is 11.8 Å².